The quantitative estimate of drug-likeness (QED) is 0.722. The minimum atomic E-state index is -0.255. The van der Waals surface area contributed by atoms with E-state index in [9.17, 15) is 4.39 Å². The highest BCUT2D eigenvalue weighted by molar-refractivity contribution is 14.1. The lowest BCUT2D eigenvalue weighted by atomic mass is 10.1. The minimum absolute atomic E-state index is 0.0817. The van der Waals surface area contributed by atoms with Gasteiger partial charge in [-0.1, -0.05) is 12.1 Å². The van der Waals surface area contributed by atoms with Crippen LogP contribution in [0.2, 0.25) is 0 Å². The maximum absolute atomic E-state index is 14.1. The fraction of sp³-hybridized carbons (Fsp3) is 0.294. The Morgan fingerprint density at radius 2 is 1.86 bits per heavy atom. The molecule has 0 radical (unpaired) electrons. The summed E-state index contributed by atoms with van der Waals surface area (Å²) in [4.78, 5) is 0. The van der Waals surface area contributed by atoms with Gasteiger partial charge in [0.1, 0.15) is 17.3 Å². The van der Waals surface area contributed by atoms with Crippen LogP contribution >= 0.6 is 22.6 Å². The molecule has 0 atom stereocenters. The number of benzene rings is 2. The number of rotatable bonds is 4. The maximum Gasteiger partial charge on any atom is 0.134 e. The van der Waals surface area contributed by atoms with Gasteiger partial charge in [-0.2, -0.15) is 0 Å². The van der Waals surface area contributed by atoms with Crippen LogP contribution in [0.3, 0.4) is 0 Å². The molecule has 0 heterocycles. The van der Waals surface area contributed by atoms with E-state index in [2.05, 4.69) is 27.9 Å². The molecule has 0 aliphatic heterocycles. The fourth-order valence-corrected chi connectivity index (χ4v) is 2.33. The third kappa shape index (κ3) is 4.97. The smallest absolute Gasteiger partial charge is 0.134 e. The van der Waals surface area contributed by atoms with Gasteiger partial charge in [-0.25, -0.2) is 4.39 Å². The minimum Gasteiger partial charge on any atom is -0.457 e. The van der Waals surface area contributed by atoms with Crippen LogP contribution in [0.5, 0.6) is 11.5 Å². The molecule has 2 aromatic rings. The molecule has 1 N–H and O–H groups in total. The van der Waals surface area contributed by atoms with Crippen LogP contribution in [-0.4, -0.2) is 5.54 Å². The summed E-state index contributed by atoms with van der Waals surface area (Å²) in [5.41, 5.74) is 0.466. The van der Waals surface area contributed by atoms with Crippen molar-refractivity contribution in [1.82, 2.24) is 5.32 Å². The predicted octanol–water partition coefficient (Wildman–Crippen LogP) is 5.11. The number of ether oxygens (including phenoxy) is 1. The zero-order valence-electron chi connectivity index (χ0n) is 12.4. The highest BCUT2D eigenvalue weighted by Crippen LogP contribution is 2.28. The molecular formula is C17H19FINO. The van der Waals surface area contributed by atoms with Crippen molar-refractivity contribution in [2.45, 2.75) is 32.9 Å². The molecule has 0 fully saturated rings. The molecule has 0 aliphatic carbocycles. The highest BCUT2D eigenvalue weighted by Gasteiger charge is 2.14. The molecule has 112 valence electrons. The Labute approximate surface area is 138 Å². The Morgan fingerprint density at radius 1 is 1.14 bits per heavy atom. The first-order valence-corrected chi connectivity index (χ1v) is 7.89. The van der Waals surface area contributed by atoms with E-state index in [0.29, 0.717) is 23.6 Å². The van der Waals surface area contributed by atoms with Crippen molar-refractivity contribution in [3.8, 4) is 11.5 Å². The largest absolute Gasteiger partial charge is 0.457 e. The fourth-order valence-electron chi connectivity index (χ4n) is 1.82. The van der Waals surface area contributed by atoms with Crippen molar-refractivity contribution < 1.29 is 9.13 Å². The summed E-state index contributed by atoms with van der Waals surface area (Å²) in [6.07, 6.45) is 0. The lowest BCUT2D eigenvalue weighted by Crippen LogP contribution is -2.35. The molecule has 21 heavy (non-hydrogen) atoms. The van der Waals surface area contributed by atoms with Gasteiger partial charge in [0.15, 0.2) is 0 Å². The predicted molar refractivity (Wildman–Crippen MR) is 92.2 cm³/mol. The third-order valence-corrected chi connectivity index (χ3v) is 3.57. The lowest BCUT2D eigenvalue weighted by Gasteiger charge is -2.22. The van der Waals surface area contributed by atoms with E-state index in [1.54, 1.807) is 12.1 Å². The topological polar surface area (TPSA) is 21.3 Å². The number of halogens is 2. The van der Waals surface area contributed by atoms with Gasteiger partial charge in [0, 0.05) is 21.2 Å². The molecule has 0 saturated heterocycles. The van der Waals surface area contributed by atoms with Gasteiger partial charge < -0.3 is 10.1 Å². The molecule has 0 saturated carbocycles. The summed E-state index contributed by atoms with van der Waals surface area (Å²) < 4.78 is 21.0. The maximum atomic E-state index is 14.1. The first-order valence-electron chi connectivity index (χ1n) is 6.81. The Kier molecular flexibility index (Phi) is 5.22. The van der Waals surface area contributed by atoms with E-state index < -0.39 is 0 Å². The average molecular weight is 399 g/mol. The van der Waals surface area contributed by atoms with Gasteiger partial charge >= 0.3 is 0 Å². The second kappa shape index (κ2) is 6.75. The van der Waals surface area contributed by atoms with Gasteiger partial charge in [0.2, 0.25) is 0 Å². The SMILES string of the molecule is CC(C)(C)NCc1c(F)cccc1Oc1cccc(I)c1. The molecule has 4 heteroatoms. The van der Waals surface area contributed by atoms with Gasteiger partial charge in [-0.15, -0.1) is 0 Å². The monoisotopic (exact) mass is 399 g/mol. The highest BCUT2D eigenvalue weighted by atomic mass is 127. The normalized spacial score (nSPS) is 11.5. The van der Waals surface area contributed by atoms with E-state index in [4.69, 9.17) is 4.74 Å². The van der Waals surface area contributed by atoms with Crippen molar-refractivity contribution in [3.63, 3.8) is 0 Å². The van der Waals surface area contributed by atoms with E-state index >= 15 is 0 Å². The molecule has 0 amide bonds. The van der Waals surface area contributed by atoms with Crippen LogP contribution in [0.1, 0.15) is 26.3 Å². The number of hydrogen-bond donors (Lipinski definition) is 1. The second-order valence-electron chi connectivity index (χ2n) is 5.88. The van der Waals surface area contributed by atoms with Crippen molar-refractivity contribution in [2.24, 2.45) is 0 Å². The van der Waals surface area contributed by atoms with Crippen LogP contribution < -0.4 is 10.1 Å². The molecular weight excluding hydrogens is 380 g/mol. The Hall–Kier alpha value is -1.14. The molecule has 2 rings (SSSR count). The first kappa shape index (κ1) is 16.2. The molecule has 0 unspecified atom stereocenters. The van der Waals surface area contributed by atoms with Gasteiger partial charge in [-0.3, -0.25) is 0 Å². The van der Waals surface area contributed by atoms with Crippen molar-refractivity contribution in [2.75, 3.05) is 0 Å². The van der Waals surface area contributed by atoms with Gasteiger partial charge in [-0.05, 0) is 73.7 Å². The van der Waals surface area contributed by atoms with Crippen LogP contribution in [0, 0.1) is 9.39 Å². The van der Waals surface area contributed by atoms with Crippen molar-refractivity contribution in [1.29, 1.82) is 0 Å². The zero-order chi connectivity index (χ0) is 15.5. The third-order valence-electron chi connectivity index (χ3n) is 2.90. The van der Waals surface area contributed by atoms with Crippen LogP contribution in [0.25, 0.3) is 0 Å². The van der Waals surface area contributed by atoms with Crippen molar-refractivity contribution >= 4 is 22.6 Å². The Balaban J connectivity index is 2.25. The van der Waals surface area contributed by atoms with E-state index in [0.717, 1.165) is 3.57 Å². The Bertz CT molecular complexity index is 622. The average Bonchev–Trinajstić information content (AvgIpc) is 2.37. The second-order valence-corrected chi connectivity index (χ2v) is 7.13. The van der Waals surface area contributed by atoms with Gasteiger partial charge in [0.05, 0.1) is 0 Å². The summed E-state index contributed by atoms with van der Waals surface area (Å²) in [6, 6.07) is 12.6. The van der Waals surface area contributed by atoms with Crippen LogP contribution in [-0.2, 0) is 6.54 Å². The Morgan fingerprint density at radius 3 is 2.52 bits per heavy atom. The lowest BCUT2D eigenvalue weighted by molar-refractivity contribution is 0.406. The molecule has 0 bridgehead atoms. The molecule has 0 spiro atoms. The zero-order valence-corrected chi connectivity index (χ0v) is 14.6. The molecule has 0 aromatic heterocycles. The van der Waals surface area contributed by atoms with E-state index in [1.165, 1.54) is 6.07 Å². The van der Waals surface area contributed by atoms with Crippen molar-refractivity contribution in [3.05, 3.63) is 57.4 Å². The standard InChI is InChI=1S/C17H19FINO/c1-17(2,3)20-11-14-15(18)8-5-9-16(14)21-13-7-4-6-12(19)10-13/h4-10,20H,11H2,1-3H3. The van der Waals surface area contributed by atoms with E-state index in [-0.39, 0.29) is 11.4 Å². The van der Waals surface area contributed by atoms with Crippen LogP contribution in [0.4, 0.5) is 4.39 Å². The molecule has 2 aromatic carbocycles. The summed E-state index contributed by atoms with van der Waals surface area (Å²) >= 11 is 2.22. The van der Waals surface area contributed by atoms with Crippen LogP contribution in [0.15, 0.2) is 42.5 Å². The summed E-state index contributed by atoms with van der Waals surface area (Å²) in [5.74, 6) is 1.01. The molecule has 2 nitrogen and oxygen atoms in total. The summed E-state index contributed by atoms with van der Waals surface area (Å²) in [6.45, 7) is 6.57. The first-order chi connectivity index (χ1) is 9.85. The summed E-state index contributed by atoms with van der Waals surface area (Å²) in [7, 11) is 0. The molecule has 0 aliphatic rings. The van der Waals surface area contributed by atoms with E-state index in [1.807, 2.05) is 45.0 Å². The number of hydrogen-bond acceptors (Lipinski definition) is 2. The van der Waals surface area contributed by atoms with Gasteiger partial charge in [0.25, 0.3) is 0 Å². The summed E-state index contributed by atoms with van der Waals surface area (Å²) in [5, 5.41) is 3.30. The number of nitrogens with one attached hydrogen (secondary N) is 1.